The molecular formula is C18H21N3O4S. The van der Waals surface area contributed by atoms with E-state index in [4.69, 9.17) is 4.74 Å². The number of carbonyl (C=O) groups excluding carboxylic acids is 3. The van der Waals surface area contributed by atoms with Gasteiger partial charge in [0.05, 0.1) is 12.1 Å². The summed E-state index contributed by atoms with van der Waals surface area (Å²) in [5.74, 6) is -0.879. The summed E-state index contributed by atoms with van der Waals surface area (Å²) in [7, 11) is 0. The maximum absolute atomic E-state index is 11.8. The molecule has 0 spiro atoms. The van der Waals surface area contributed by atoms with Gasteiger partial charge in [0.1, 0.15) is 13.2 Å². The second kappa shape index (κ2) is 9.67. The molecular weight excluding hydrogens is 354 g/mol. The Morgan fingerprint density at radius 2 is 1.96 bits per heavy atom. The number of thiazole rings is 1. The topological polar surface area (TPSA) is 88.6 Å². The summed E-state index contributed by atoms with van der Waals surface area (Å²) in [4.78, 5) is 40.9. The minimum absolute atomic E-state index is 0.000647. The fraction of sp³-hybridized carbons (Fsp3) is 0.333. The van der Waals surface area contributed by atoms with Crippen molar-refractivity contribution in [1.29, 1.82) is 0 Å². The first-order valence-corrected chi connectivity index (χ1v) is 9.06. The molecule has 1 heterocycles. The average Bonchev–Trinajstić information content (AvgIpc) is 3.08. The second-order valence-electron chi connectivity index (χ2n) is 5.48. The van der Waals surface area contributed by atoms with E-state index < -0.39 is 5.97 Å². The summed E-state index contributed by atoms with van der Waals surface area (Å²) in [6, 6.07) is 9.27. The second-order valence-corrected chi connectivity index (χ2v) is 6.32. The Morgan fingerprint density at radius 1 is 1.23 bits per heavy atom. The number of nitrogens with one attached hydrogen (secondary N) is 1. The molecule has 0 aliphatic rings. The molecule has 0 saturated carbocycles. The number of hydrogen-bond acceptors (Lipinski definition) is 6. The molecule has 0 saturated heterocycles. The maximum atomic E-state index is 11.8. The van der Waals surface area contributed by atoms with Crippen LogP contribution in [0.3, 0.4) is 0 Å². The van der Waals surface area contributed by atoms with Crippen LogP contribution < -0.4 is 10.2 Å². The van der Waals surface area contributed by atoms with Gasteiger partial charge in [-0.1, -0.05) is 30.3 Å². The smallest absolute Gasteiger partial charge is 0.325 e. The van der Waals surface area contributed by atoms with Crippen molar-refractivity contribution in [2.75, 3.05) is 18.0 Å². The van der Waals surface area contributed by atoms with Crippen LogP contribution in [0.5, 0.6) is 0 Å². The third kappa shape index (κ3) is 5.96. The Kier molecular flexibility index (Phi) is 7.28. The number of aromatic nitrogens is 1. The molecule has 0 aliphatic carbocycles. The van der Waals surface area contributed by atoms with Crippen molar-refractivity contribution < 1.29 is 19.1 Å². The monoisotopic (exact) mass is 375 g/mol. The van der Waals surface area contributed by atoms with E-state index in [2.05, 4.69) is 10.3 Å². The van der Waals surface area contributed by atoms with E-state index >= 15 is 0 Å². The number of rotatable bonds is 8. The zero-order valence-electron chi connectivity index (χ0n) is 14.7. The molecule has 0 aliphatic heterocycles. The van der Waals surface area contributed by atoms with Gasteiger partial charge in [-0.2, -0.15) is 0 Å². The largest absolute Gasteiger partial charge is 0.458 e. The van der Waals surface area contributed by atoms with Crippen LogP contribution in [0.25, 0.3) is 0 Å². The zero-order chi connectivity index (χ0) is 18.9. The first kappa shape index (κ1) is 19.6. The summed E-state index contributed by atoms with van der Waals surface area (Å²) in [6.07, 6.45) is 0.210. The zero-order valence-corrected chi connectivity index (χ0v) is 15.5. The van der Waals surface area contributed by atoms with Gasteiger partial charge in [0.2, 0.25) is 11.8 Å². The number of carbonyl (C=O) groups is 3. The molecule has 8 heteroatoms. The standard InChI is InChI=1S/C18H21N3O4S/c1-3-21(13(2)22)18-20-15(12-26-18)11-25-17(24)10-19-16(23)9-14-7-5-4-6-8-14/h4-8,12H,3,9-11H2,1-2H3,(H,19,23). The average molecular weight is 375 g/mol. The minimum Gasteiger partial charge on any atom is -0.458 e. The molecule has 1 aromatic heterocycles. The number of amides is 2. The molecule has 26 heavy (non-hydrogen) atoms. The molecule has 1 aromatic carbocycles. The van der Waals surface area contributed by atoms with E-state index in [9.17, 15) is 14.4 Å². The summed E-state index contributed by atoms with van der Waals surface area (Å²) in [6.45, 7) is 3.66. The first-order valence-electron chi connectivity index (χ1n) is 8.18. The van der Waals surface area contributed by atoms with Crippen LogP contribution in [-0.4, -0.2) is 35.9 Å². The number of anilines is 1. The lowest BCUT2D eigenvalue weighted by atomic mass is 10.1. The fourth-order valence-electron chi connectivity index (χ4n) is 2.20. The lowest BCUT2D eigenvalue weighted by molar-refractivity contribution is -0.145. The molecule has 138 valence electrons. The van der Waals surface area contributed by atoms with Gasteiger partial charge in [-0.05, 0) is 12.5 Å². The van der Waals surface area contributed by atoms with E-state index in [1.807, 2.05) is 37.3 Å². The number of hydrogen-bond donors (Lipinski definition) is 1. The molecule has 2 amide bonds. The number of esters is 1. The van der Waals surface area contributed by atoms with E-state index in [1.165, 1.54) is 18.3 Å². The molecule has 0 fully saturated rings. The van der Waals surface area contributed by atoms with E-state index in [0.717, 1.165) is 5.56 Å². The van der Waals surface area contributed by atoms with Gasteiger partial charge >= 0.3 is 5.97 Å². The van der Waals surface area contributed by atoms with Crippen LogP contribution in [0.4, 0.5) is 5.13 Å². The fourth-order valence-corrected chi connectivity index (χ4v) is 3.12. The summed E-state index contributed by atoms with van der Waals surface area (Å²) >= 11 is 1.31. The van der Waals surface area contributed by atoms with Crippen LogP contribution in [0, 0.1) is 0 Å². The van der Waals surface area contributed by atoms with Gasteiger partial charge in [-0.25, -0.2) is 4.98 Å². The molecule has 7 nitrogen and oxygen atoms in total. The highest BCUT2D eigenvalue weighted by Crippen LogP contribution is 2.21. The van der Waals surface area contributed by atoms with Crippen molar-refractivity contribution in [1.82, 2.24) is 10.3 Å². The number of benzene rings is 1. The lowest BCUT2D eigenvalue weighted by Gasteiger charge is -2.14. The van der Waals surface area contributed by atoms with Crippen molar-refractivity contribution in [3.63, 3.8) is 0 Å². The Hall–Kier alpha value is -2.74. The molecule has 0 unspecified atom stereocenters. The summed E-state index contributed by atoms with van der Waals surface area (Å²) < 4.78 is 5.10. The van der Waals surface area contributed by atoms with Crippen LogP contribution in [0.1, 0.15) is 25.1 Å². The highest BCUT2D eigenvalue weighted by atomic mass is 32.1. The molecule has 0 bridgehead atoms. The highest BCUT2D eigenvalue weighted by molar-refractivity contribution is 7.14. The van der Waals surface area contributed by atoms with Gasteiger partial charge in [0.15, 0.2) is 5.13 Å². The molecule has 2 rings (SSSR count). The third-order valence-electron chi connectivity index (χ3n) is 3.49. The van der Waals surface area contributed by atoms with E-state index in [0.29, 0.717) is 17.4 Å². The number of nitrogens with zero attached hydrogens (tertiary/aromatic N) is 2. The van der Waals surface area contributed by atoms with Gasteiger partial charge in [-0.3, -0.25) is 19.3 Å². The molecule has 0 radical (unpaired) electrons. The Morgan fingerprint density at radius 3 is 2.62 bits per heavy atom. The van der Waals surface area contributed by atoms with Crippen LogP contribution in [0.15, 0.2) is 35.7 Å². The van der Waals surface area contributed by atoms with Gasteiger partial charge in [0.25, 0.3) is 0 Å². The summed E-state index contributed by atoms with van der Waals surface area (Å²) in [5, 5.41) is 4.84. The van der Waals surface area contributed by atoms with Gasteiger partial charge in [0, 0.05) is 18.8 Å². The van der Waals surface area contributed by atoms with Crippen LogP contribution >= 0.6 is 11.3 Å². The predicted molar refractivity (Wildman–Crippen MR) is 98.8 cm³/mol. The van der Waals surface area contributed by atoms with Gasteiger partial charge < -0.3 is 10.1 Å². The minimum atomic E-state index is -0.542. The molecule has 1 N–H and O–H groups in total. The van der Waals surface area contributed by atoms with Crippen molar-refractivity contribution in [3.05, 3.63) is 47.0 Å². The number of ether oxygens (including phenoxy) is 1. The van der Waals surface area contributed by atoms with E-state index in [1.54, 1.807) is 10.3 Å². The molecule has 0 atom stereocenters. The normalized spacial score (nSPS) is 10.2. The van der Waals surface area contributed by atoms with Crippen molar-refractivity contribution in [2.45, 2.75) is 26.9 Å². The maximum Gasteiger partial charge on any atom is 0.325 e. The van der Waals surface area contributed by atoms with Crippen LogP contribution in [-0.2, 0) is 32.1 Å². The predicted octanol–water partition coefficient (Wildman–Crippen LogP) is 1.92. The SMILES string of the molecule is CCN(C(C)=O)c1nc(COC(=O)CNC(=O)Cc2ccccc2)cs1. The van der Waals surface area contributed by atoms with Crippen molar-refractivity contribution in [3.8, 4) is 0 Å². The van der Waals surface area contributed by atoms with Crippen molar-refractivity contribution >= 4 is 34.3 Å². The molecule has 2 aromatic rings. The highest BCUT2D eigenvalue weighted by Gasteiger charge is 2.14. The van der Waals surface area contributed by atoms with Gasteiger partial charge in [-0.15, -0.1) is 11.3 Å². The van der Waals surface area contributed by atoms with Crippen molar-refractivity contribution in [2.24, 2.45) is 0 Å². The van der Waals surface area contributed by atoms with Crippen LogP contribution in [0.2, 0.25) is 0 Å². The quantitative estimate of drug-likeness (QED) is 0.712. The summed E-state index contributed by atoms with van der Waals surface area (Å²) in [5.41, 5.74) is 1.44. The Bertz CT molecular complexity index is 761. The third-order valence-corrected chi connectivity index (χ3v) is 4.40. The first-order chi connectivity index (χ1) is 12.5. The van der Waals surface area contributed by atoms with E-state index in [-0.39, 0.29) is 31.4 Å². The Labute approximate surface area is 156 Å². The Balaban J connectivity index is 1.74. The lowest BCUT2D eigenvalue weighted by Crippen LogP contribution is -2.31.